The maximum Gasteiger partial charge on any atom is 0.215 e. The zero-order valence-corrected chi connectivity index (χ0v) is 11.4. The number of ether oxygens (including phenoxy) is 1. The Bertz CT molecular complexity index is 364. The molecule has 1 N–H and O–H groups in total. The molecule has 1 aliphatic rings. The minimum absolute atomic E-state index is 0.600. The first-order chi connectivity index (χ1) is 8.83. The number of likely N-dealkylation sites (N-methyl/N-ethyl adjacent to an activating group) is 1. The average molecular weight is 249 g/mol. The predicted octanol–water partition coefficient (Wildman–Crippen LogP) is 2.06. The first-order valence-electron chi connectivity index (χ1n) is 6.91. The number of rotatable bonds is 6. The van der Waals surface area contributed by atoms with Crippen LogP contribution in [-0.4, -0.2) is 37.3 Å². The fraction of sp³-hybridized carbons (Fsp3) is 0.643. The lowest BCUT2D eigenvalue weighted by Crippen LogP contribution is -2.37. The van der Waals surface area contributed by atoms with Crippen molar-refractivity contribution >= 4 is 5.82 Å². The van der Waals surface area contributed by atoms with Crippen LogP contribution < -0.4 is 15.0 Å². The van der Waals surface area contributed by atoms with Gasteiger partial charge in [-0.3, -0.25) is 0 Å². The Labute approximate surface area is 109 Å². The van der Waals surface area contributed by atoms with Crippen molar-refractivity contribution in [2.24, 2.45) is 0 Å². The first kappa shape index (κ1) is 13.1. The van der Waals surface area contributed by atoms with Gasteiger partial charge in [0.1, 0.15) is 5.82 Å². The highest BCUT2D eigenvalue weighted by atomic mass is 16.5. The Balaban J connectivity index is 2.03. The standard InChI is InChI=1S/C14H23N3O/c1-3-17(11-12-7-6-10-15-12)13-8-5-9-14(16-13)18-4-2/h5,8-9,12,15H,3-4,6-7,10-11H2,1-2H3. The quantitative estimate of drug-likeness (QED) is 0.837. The molecule has 1 fully saturated rings. The topological polar surface area (TPSA) is 37.4 Å². The molecule has 0 amide bonds. The normalized spacial score (nSPS) is 18.9. The Morgan fingerprint density at radius 1 is 1.44 bits per heavy atom. The van der Waals surface area contributed by atoms with Crippen LogP contribution in [0.4, 0.5) is 5.82 Å². The zero-order valence-electron chi connectivity index (χ0n) is 11.4. The Kier molecular flexibility index (Phi) is 4.81. The van der Waals surface area contributed by atoms with E-state index >= 15 is 0 Å². The molecule has 1 aromatic heterocycles. The molecule has 18 heavy (non-hydrogen) atoms. The summed E-state index contributed by atoms with van der Waals surface area (Å²) < 4.78 is 5.46. The van der Waals surface area contributed by atoms with E-state index in [0.29, 0.717) is 18.5 Å². The summed E-state index contributed by atoms with van der Waals surface area (Å²) in [6.07, 6.45) is 2.55. The van der Waals surface area contributed by atoms with Crippen molar-refractivity contribution < 1.29 is 4.74 Å². The van der Waals surface area contributed by atoms with Crippen LogP contribution >= 0.6 is 0 Å². The van der Waals surface area contributed by atoms with Crippen molar-refractivity contribution in [3.05, 3.63) is 18.2 Å². The van der Waals surface area contributed by atoms with E-state index in [1.165, 1.54) is 12.8 Å². The molecule has 4 heteroatoms. The molecule has 100 valence electrons. The maximum absolute atomic E-state index is 5.46. The molecule has 1 aliphatic heterocycles. The molecule has 0 saturated carbocycles. The van der Waals surface area contributed by atoms with Crippen LogP contribution in [0.2, 0.25) is 0 Å². The summed E-state index contributed by atoms with van der Waals surface area (Å²) in [6.45, 7) is 7.96. The summed E-state index contributed by atoms with van der Waals surface area (Å²) in [5.74, 6) is 1.73. The molecule has 4 nitrogen and oxygen atoms in total. The van der Waals surface area contributed by atoms with Crippen LogP contribution in [0, 0.1) is 0 Å². The van der Waals surface area contributed by atoms with E-state index < -0.39 is 0 Å². The summed E-state index contributed by atoms with van der Waals surface area (Å²) in [6, 6.07) is 6.58. The third kappa shape index (κ3) is 3.35. The second-order valence-corrected chi connectivity index (χ2v) is 4.60. The zero-order chi connectivity index (χ0) is 12.8. The van der Waals surface area contributed by atoms with Crippen molar-refractivity contribution in [2.75, 3.05) is 31.1 Å². The number of hydrogen-bond donors (Lipinski definition) is 1. The van der Waals surface area contributed by atoms with Gasteiger partial charge in [0.05, 0.1) is 6.61 Å². The van der Waals surface area contributed by atoms with Crippen LogP contribution in [-0.2, 0) is 0 Å². The van der Waals surface area contributed by atoms with Gasteiger partial charge in [0.25, 0.3) is 0 Å². The van der Waals surface area contributed by atoms with Gasteiger partial charge in [0.2, 0.25) is 5.88 Å². The second kappa shape index (κ2) is 6.59. The number of nitrogens with one attached hydrogen (secondary N) is 1. The lowest BCUT2D eigenvalue weighted by molar-refractivity contribution is 0.327. The van der Waals surface area contributed by atoms with Crippen molar-refractivity contribution in [2.45, 2.75) is 32.7 Å². The van der Waals surface area contributed by atoms with E-state index in [0.717, 1.165) is 25.5 Å². The van der Waals surface area contributed by atoms with E-state index in [-0.39, 0.29) is 0 Å². The van der Waals surface area contributed by atoms with Gasteiger partial charge in [-0.05, 0) is 39.3 Å². The summed E-state index contributed by atoms with van der Waals surface area (Å²) in [5.41, 5.74) is 0. The lowest BCUT2D eigenvalue weighted by Gasteiger charge is -2.25. The number of hydrogen-bond acceptors (Lipinski definition) is 4. The maximum atomic E-state index is 5.46. The molecule has 1 unspecified atom stereocenters. The summed E-state index contributed by atoms with van der Waals surface area (Å²) in [4.78, 5) is 6.86. The minimum atomic E-state index is 0.600. The van der Waals surface area contributed by atoms with Gasteiger partial charge in [0.15, 0.2) is 0 Å². The molecule has 1 aromatic rings. The van der Waals surface area contributed by atoms with Gasteiger partial charge in [-0.25, -0.2) is 0 Å². The largest absolute Gasteiger partial charge is 0.478 e. The van der Waals surface area contributed by atoms with E-state index in [1.54, 1.807) is 0 Å². The monoisotopic (exact) mass is 249 g/mol. The highest BCUT2D eigenvalue weighted by Gasteiger charge is 2.18. The number of aromatic nitrogens is 1. The Hall–Kier alpha value is -1.29. The van der Waals surface area contributed by atoms with E-state index in [9.17, 15) is 0 Å². The smallest absolute Gasteiger partial charge is 0.215 e. The molecule has 2 heterocycles. The lowest BCUT2D eigenvalue weighted by atomic mass is 10.2. The molecule has 1 saturated heterocycles. The van der Waals surface area contributed by atoms with Crippen LogP contribution in [0.15, 0.2) is 18.2 Å². The minimum Gasteiger partial charge on any atom is -0.478 e. The van der Waals surface area contributed by atoms with Gasteiger partial charge in [-0.1, -0.05) is 6.07 Å². The van der Waals surface area contributed by atoms with E-state index in [2.05, 4.69) is 28.2 Å². The summed E-state index contributed by atoms with van der Waals surface area (Å²) in [5, 5.41) is 3.53. The molecule has 0 spiro atoms. The molecular weight excluding hydrogens is 226 g/mol. The fourth-order valence-corrected chi connectivity index (χ4v) is 2.37. The van der Waals surface area contributed by atoms with Crippen molar-refractivity contribution in [1.82, 2.24) is 10.3 Å². The SMILES string of the molecule is CCOc1cccc(N(CC)CC2CCCN2)n1. The van der Waals surface area contributed by atoms with Gasteiger partial charge < -0.3 is 15.0 Å². The molecule has 1 atom stereocenters. The Morgan fingerprint density at radius 2 is 2.33 bits per heavy atom. The molecule has 0 bridgehead atoms. The van der Waals surface area contributed by atoms with Gasteiger partial charge >= 0.3 is 0 Å². The highest BCUT2D eigenvalue weighted by molar-refractivity contribution is 5.40. The molecule has 2 rings (SSSR count). The number of nitrogens with zero attached hydrogens (tertiary/aromatic N) is 2. The second-order valence-electron chi connectivity index (χ2n) is 4.60. The van der Waals surface area contributed by atoms with Crippen LogP contribution in [0.3, 0.4) is 0 Å². The molecule has 0 aliphatic carbocycles. The van der Waals surface area contributed by atoms with Crippen molar-refractivity contribution in [3.63, 3.8) is 0 Å². The van der Waals surface area contributed by atoms with Gasteiger partial charge in [-0.2, -0.15) is 4.98 Å². The third-order valence-corrected chi connectivity index (χ3v) is 3.31. The predicted molar refractivity (Wildman–Crippen MR) is 74.3 cm³/mol. The van der Waals surface area contributed by atoms with Crippen molar-refractivity contribution in [1.29, 1.82) is 0 Å². The van der Waals surface area contributed by atoms with Crippen molar-refractivity contribution in [3.8, 4) is 5.88 Å². The van der Waals surface area contributed by atoms with E-state index in [4.69, 9.17) is 4.74 Å². The summed E-state index contributed by atoms with van der Waals surface area (Å²) >= 11 is 0. The van der Waals surface area contributed by atoms with Crippen LogP contribution in [0.1, 0.15) is 26.7 Å². The van der Waals surface area contributed by atoms with Gasteiger partial charge in [-0.15, -0.1) is 0 Å². The van der Waals surface area contributed by atoms with Gasteiger partial charge in [0, 0.05) is 25.2 Å². The summed E-state index contributed by atoms with van der Waals surface area (Å²) in [7, 11) is 0. The molecule has 0 radical (unpaired) electrons. The fourth-order valence-electron chi connectivity index (χ4n) is 2.37. The number of anilines is 1. The van der Waals surface area contributed by atoms with E-state index in [1.807, 2.05) is 19.1 Å². The first-order valence-corrected chi connectivity index (χ1v) is 6.91. The molecular formula is C14H23N3O. The van der Waals surface area contributed by atoms with Crippen LogP contribution in [0.5, 0.6) is 5.88 Å². The van der Waals surface area contributed by atoms with Crippen LogP contribution in [0.25, 0.3) is 0 Å². The number of pyridine rings is 1. The molecule has 0 aromatic carbocycles. The third-order valence-electron chi connectivity index (χ3n) is 3.31. The Morgan fingerprint density at radius 3 is 3.00 bits per heavy atom. The average Bonchev–Trinajstić information content (AvgIpc) is 2.89. The highest BCUT2D eigenvalue weighted by Crippen LogP contribution is 2.17.